The lowest BCUT2D eigenvalue weighted by molar-refractivity contribution is 0.359. The van der Waals surface area contributed by atoms with Crippen molar-refractivity contribution in [2.24, 2.45) is 0 Å². The molecule has 1 unspecified atom stereocenters. The van der Waals surface area contributed by atoms with Crippen molar-refractivity contribution in [2.75, 3.05) is 6.54 Å². The van der Waals surface area contributed by atoms with Crippen LogP contribution in [-0.4, -0.2) is 25.3 Å². The van der Waals surface area contributed by atoms with E-state index in [0.29, 0.717) is 18.3 Å². The summed E-state index contributed by atoms with van der Waals surface area (Å²) >= 11 is 0. The van der Waals surface area contributed by atoms with Gasteiger partial charge in [0.1, 0.15) is 5.82 Å². The fourth-order valence-electron chi connectivity index (χ4n) is 3.32. The fourth-order valence-corrected chi connectivity index (χ4v) is 4.16. The standard InChI is InChI=1S/C21H28F3N3OS/c1-19(2,3)27-18(13-9-16(23)17(24)10-15(13)22)14(11-25-27)21(7-8-21)12-26-29(28)20(4,5)6/h9-11,26H,7-8,12H2,1-6H3. The normalized spacial score (nSPS) is 17.4. The van der Waals surface area contributed by atoms with Gasteiger partial charge in [-0.25, -0.2) is 22.1 Å². The highest BCUT2D eigenvalue weighted by Crippen LogP contribution is 2.51. The average Bonchev–Trinajstić information content (AvgIpc) is 3.23. The Morgan fingerprint density at radius 3 is 2.17 bits per heavy atom. The molecule has 1 aliphatic carbocycles. The third kappa shape index (κ3) is 4.28. The van der Waals surface area contributed by atoms with Gasteiger partial charge in [0.2, 0.25) is 0 Å². The summed E-state index contributed by atoms with van der Waals surface area (Å²) in [5, 5.41) is 4.47. The molecule has 1 saturated carbocycles. The zero-order chi connectivity index (χ0) is 21.8. The minimum atomic E-state index is -1.25. The first-order chi connectivity index (χ1) is 13.3. The highest BCUT2D eigenvalue weighted by atomic mass is 32.2. The summed E-state index contributed by atoms with van der Waals surface area (Å²) in [5.74, 6) is -3.16. The topological polar surface area (TPSA) is 46.9 Å². The van der Waals surface area contributed by atoms with Crippen molar-refractivity contribution >= 4 is 11.0 Å². The van der Waals surface area contributed by atoms with Crippen LogP contribution in [0.25, 0.3) is 11.3 Å². The summed E-state index contributed by atoms with van der Waals surface area (Å²) in [5.41, 5.74) is 0.319. The highest BCUT2D eigenvalue weighted by Gasteiger charge is 2.48. The van der Waals surface area contributed by atoms with E-state index in [-0.39, 0.29) is 11.0 Å². The molecule has 2 aromatic rings. The second kappa shape index (κ2) is 7.23. The largest absolute Gasteiger partial charge is 0.259 e. The number of nitrogens with zero attached hydrogens (tertiary/aromatic N) is 2. The van der Waals surface area contributed by atoms with Crippen LogP contribution in [-0.2, 0) is 21.9 Å². The van der Waals surface area contributed by atoms with Gasteiger partial charge in [-0.2, -0.15) is 5.10 Å². The molecule has 1 fully saturated rings. The van der Waals surface area contributed by atoms with Gasteiger partial charge in [-0.15, -0.1) is 0 Å². The van der Waals surface area contributed by atoms with Crippen molar-refractivity contribution < 1.29 is 17.4 Å². The van der Waals surface area contributed by atoms with Crippen LogP contribution in [0.3, 0.4) is 0 Å². The van der Waals surface area contributed by atoms with Crippen LogP contribution in [0.1, 0.15) is 59.9 Å². The maximum absolute atomic E-state index is 14.7. The predicted octanol–water partition coefficient (Wildman–Crippen LogP) is 4.81. The molecule has 1 aromatic heterocycles. The van der Waals surface area contributed by atoms with Gasteiger partial charge in [0, 0.05) is 29.2 Å². The van der Waals surface area contributed by atoms with Gasteiger partial charge >= 0.3 is 0 Å². The Hall–Kier alpha value is -1.67. The van der Waals surface area contributed by atoms with Crippen LogP contribution in [0.5, 0.6) is 0 Å². The first-order valence-corrected chi connectivity index (χ1v) is 10.8. The summed E-state index contributed by atoms with van der Waals surface area (Å²) in [6, 6.07) is 1.46. The van der Waals surface area contributed by atoms with Gasteiger partial charge < -0.3 is 0 Å². The van der Waals surface area contributed by atoms with E-state index in [1.807, 2.05) is 41.5 Å². The molecule has 0 spiro atoms. The number of hydrogen-bond donors (Lipinski definition) is 1. The number of nitrogens with one attached hydrogen (secondary N) is 1. The van der Waals surface area contributed by atoms with Crippen molar-refractivity contribution in [3.8, 4) is 11.3 Å². The van der Waals surface area contributed by atoms with Gasteiger partial charge in [-0.1, -0.05) is 0 Å². The average molecular weight is 428 g/mol. The van der Waals surface area contributed by atoms with Crippen LogP contribution < -0.4 is 4.72 Å². The van der Waals surface area contributed by atoms with Crippen molar-refractivity contribution in [3.63, 3.8) is 0 Å². The van der Waals surface area contributed by atoms with Crippen LogP contribution in [0.15, 0.2) is 18.3 Å². The lowest BCUT2D eigenvalue weighted by Crippen LogP contribution is -2.37. The Morgan fingerprint density at radius 2 is 1.66 bits per heavy atom. The Balaban J connectivity index is 2.09. The van der Waals surface area contributed by atoms with Gasteiger partial charge in [0.05, 0.1) is 33.2 Å². The number of rotatable bonds is 5. The van der Waals surface area contributed by atoms with E-state index < -0.39 is 38.7 Å². The number of halogens is 3. The molecule has 0 aliphatic heterocycles. The molecule has 8 heteroatoms. The molecule has 1 N–H and O–H groups in total. The molecule has 1 heterocycles. The van der Waals surface area contributed by atoms with Gasteiger partial charge in [-0.05, 0) is 60.5 Å². The summed E-state index contributed by atoms with van der Waals surface area (Å²) in [7, 11) is -1.25. The molecule has 0 amide bonds. The lowest BCUT2D eigenvalue weighted by Gasteiger charge is -2.26. The Kier molecular flexibility index (Phi) is 5.49. The van der Waals surface area contributed by atoms with Gasteiger partial charge in [0.25, 0.3) is 0 Å². The molecular weight excluding hydrogens is 399 g/mol. The first kappa shape index (κ1) is 22.0. The van der Waals surface area contributed by atoms with E-state index in [0.717, 1.165) is 24.5 Å². The minimum absolute atomic E-state index is 0.0189. The number of benzene rings is 1. The SMILES string of the molecule is CC(C)(C)n1ncc(C2(CNS(=O)C(C)(C)C)CC2)c1-c1cc(F)c(F)cc1F. The Bertz CT molecular complexity index is 953. The van der Waals surface area contributed by atoms with Crippen molar-refractivity contribution in [3.05, 3.63) is 41.3 Å². The van der Waals surface area contributed by atoms with E-state index in [2.05, 4.69) is 9.82 Å². The third-order valence-electron chi connectivity index (χ3n) is 5.19. The number of aromatic nitrogens is 2. The Labute approximate surface area is 172 Å². The maximum Gasteiger partial charge on any atom is 0.161 e. The summed E-state index contributed by atoms with van der Waals surface area (Å²) in [6.07, 6.45) is 3.31. The zero-order valence-corrected chi connectivity index (χ0v) is 18.5. The molecule has 0 radical (unpaired) electrons. The first-order valence-electron chi connectivity index (χ1n) is 9.65. The molecule has 1 atom stereocenters. The van der Waals surface area contributed by atoms with E-state index in [1.54, 1.807) is 10.9 Å². The van der Waals surface area contributed by atoms with E-state index >= 15 is 0 Å². The lowest BCUT2D eigenvalue weighted by atomic mass is 9.92. The van der Waals surface area contributed by atoms with Crippen LogP contribution in [0.2, 0.25) is 0 Å². The van der Waals surface area contributed by atoms with Crippen molar-refractivity contribution in [1.82, 2.24) is 14.5 Å². The monoisotopic (exact) mass is 427 g/mol. The quantitative estimate of drug-likeness (QED) is 0.697. The molecule has 29 heavy (non-hydrogen) atoms. The Morgan fingerprint density at radius 1 is 1.07 bits per heavy atom. The molecular formula is C21H28F3N3OS. The predicted molar refractivity (Wildman–Crippen MR) is 109 cm³/mol. The highest BCUT2D eigenvalue weighted by molar-refractivity contribution is 7.84. The fraction of sp³-hybridized carbons (Fsp3) is 0.571. The van der Waals surface area contributed by atoms with E-state index in [4.69, 9.17) is 0 Å². The maximum atomic E-state index is 14.7. The third-order valence-corrected chi connectivity index (χ3v) is 6.71. The molecule has 4 nitrogen and oxygen atoms in total. The van der Waals surface area contributed by atoms with E-state index in [1.165, 1.54) is 0 Å². The van der Waals surface area contributed by atoms with Gasteiger partial charge in [0.15, 0.2) is 11.6 Å². The van der Waals surface area contributed by atoms with Crippen LogP contribution in [0.4, 0.5) is 13.2 Å². The summed E-state index contributed by atoms with van der Waals surface area (Å²) < 4.78 is 59.0. The smallest absolute Gasteiger partial charge is 0.161 e. The molecule has 3 rings (SSSR count). The molecule has 1 aromatic carbocycles. The summed E-state index contributed by atoms with van der Waals surface area (Å²) in [4.78, 5) is 0. The van der Waals surface area contributed by atoms with Crippen LogP contribution >= 0.6 is 0 Å². The van der Waals surface area contributed by atoms with Crippen LogP contribution in [0, 0.1) is 17.5 Å². The molecule has 1 aliphatic rings. The second-order valence-electron chi connectivity index (χ2n) is 9.72. The molecule has 0 saturated heterocycles. The van der Waals surface area contributed by atoms with Gasteiger partial charge in [-0.3, -0.25) is 4.68 Å². The minimum Gasteiger partial charge on any atom is -0.259 e. The zero-order valence-electron chi connectivity index (χ0n) is 17.7. The van der Waals surface area contributed by atoms with E-state index in [9.17, 15) is 17.4 Å². The molecule has 160 valence electrons. The van der Waals surface area contributed by atoms with Crippen molar-refractivity contribution in [2.45, 2.75) is 70.1 Å². The number of hydrogen-bond acceptors (Lipinski definition) is 2. The molecule has 0 bridgehead atoms. The van der Waals surface area contributed by atoms with Crippen molar-refractivity contribution in [1.29, 1.82) is 0 Å². The summed E-state index contributed by atoms with van der Waals surface area (Å²) in [6.45, 7) is 11.8. The second-order valence-corrected chi connectivity index (χ2v) is 11.8.